The summed E-state index contributed by atoms with van der Waals surface area (Å²) in [7, 11) is -2.38. The molecule has 2 aromatic rings. The van der Waals surface area contributed by atoms with Gasteiger partial charge in [-0.2, -0.15) is 4.72 Å². The van der Waals surface area contributed by atoms with Crippen LogP contribution < -0.4 is 20.9 Å². The normalized spacial score (nSPS) is 11.3. The molecule has 0 aliphatic carbocycles. The molecule has 0 aromatic heterocycles. The van der Waals surface area contributed by atoms with Crippen LogP contribution in [-0.2, 0) is 14.8 Å². The Hall–Kier alpha value is -2.65. The SMILES string of the molecule is COc1ccc2cc(S(=O)(=O)N[C@@H](CCCN=C(N)N)C(=O)Cl)ccc2c1.Cl.N#N. The van der Waals surface area contributed by atoms with E-state index in [1.165, 1.54) is 12.1 Å². The molecule has 0 aliphatic heterocycles. The van der Waals surface area contributed by atoms with Crippen molar-refractivity contribution in [3.05, 3.63) is 36.4 Å². The van der Waals surface area contributed by atoms with Crippen LogP contribution in [0.1, 0.15) is 12.8 Å². The van der Waals surface area contributed by atoms with Crippen molar-refractivity contribution in [1.29, 1.82) is 10.8 Å². The lowest BCUT2D eigenvalue weighted by molar-refractivity contribution is -0.113. The monoisotopic (exact) mass is 476 g/mol. The third kappa shape index (κ3) is 8.00. The van der Waals surface area contributed by atoms with E-state index in [1.54, 1.807) is 31.4 Å². The van der Waals surface area contributed by atoms with Crippen molar-refractivity contribution in [2.24, 2.45) is 16.5 Å². The molecule has 164 valence electrons. The zero-order chi connectivity index (χ0) is 22.0. The minimum absolute atomic E-state index is 0. The van der Waals surface area contributed by atoms with Gasteiger partial charge >= 0.3 is 0 Å². The number of guanidine groups is 1. The fourth-order valence-corrected chi connectivity index (χ4v) is 3.97. The number of methoxy groups -OCH3 is 1. The number of halogens is 2. The summed E-state index contributed by atoms with van der Waals surface area (Å²) in [6.45, 7) is 0.266. The number of carbonyl (C=O) groups excluding carboxylic acids is 1. The number of carbonyl (C=O) groups is 1. The molecule has 2 aromatic carbocycles. The molecule has 0 radical (unpaired) electrons. The average molecular weight is 477 g/mol. The molecule has 0 bridgehead atoms. The molecule has 0 aliphatic rings. The lowest BCUT2D eigenvalue weighted by atomic mass is 10.1. The quantitative estimate of drug-likeness (QED) is 0.160. The topological polar surface area (TPSA) is 184 Å². The van der Waals surface area contributed by atoms with Crippen molar-refractivity contribution in [2.75, 3.05) is 13.7 Å². The Balaban J connectivity index is 0.00000272. The molecule has 0 amide bonds. The second-order valence-electron chi connectivity index (χ2n) is 5.80. The molecule has 1 atom stereocenters. The largest absolute Gasteiger partial charge is 0.497 e. The van der Waals surface area contributed by atoms with E-state index < -0.39 is 21.3 Å². The number of hydrogen-bond acceptors (Lipinski definition) is 7. The predicted molar refractivity (Wildman–Crippen MR) is 116 cm³/mol. The number of fused-ring (bicyclic) bond motifs is 1. The first-order valence-electron chi connectivity index (χ1n) is 8.28. The van der Waals surface area contributed by atoms with E-state index in [9.17, 15) is 13.2 Å². The van der Waals surface area contributed by atoms with Crippen LogP contribution >= 0.6 is 24.0 Å². The fourth-order valence-electron chi connectivity index (χ4n) is 2.47. The van der Waals surface area contributed by atoms with Crippen molar-refractivity contribution in [2.45, 2.75) is 23.8 Å². The van der Waals surface area contributed by atoms with Gasteiger partial charge in [-0.1, -0.05) is 12.1 Å². The first-order chi connectivity index (χ1) is 13.7. The van der Waals surface area contributed by atoms with E-state index in [1.807, 2.05) is 0 Å². The summed E-state index contributed by atoms with van der Waals surface area (Å²) >= 11 is 5.54. The Morgan fingerprint density at radius 2 is 1.80 bits per heavy atom. The zero-order valence-corrected chi connectivity index (χ0v) is 18.4. The van der Waals surface area contributed by atoms with Gasteiger partial charge in [-0.25, -0.2) is 8.42 Å². The number of nitrogens with one attached hydrogen (secondary N) is 1. The van der Waals surface area contributed by atoms with Crippen LogP contribution in [0.25, 0.3) is 10.8 Å². The first kappa shape index (κ1) is 27.4. The fraction of sp³-hybridized carbons (Fsp3) is 0.294. The smallest absolute Gasteiger partial charge is 0.241 e. The molecule has 13 heteroatoms. The maximum absolute atomic E-state index is 12.6. The Kier molecular flexibility index (Phi) is 11.7. The van der Waals surface area contributed by atoms with Gasteiger partial charge in [-0.15, -0.1) is 12.4 Å². The molecule has 2 rings (SSSR count). The average Bonchev–Trinajstić information content (AvgIpc) is 2.70. The summed E-state index contributed by atoms with van der Waals surface area (Å²) in [5.74, 6) is 0.599. The van der Waals surface area contributed by atoms with Gasteiger partial charge in [-0.05, 0) is 59.5 Å². The van der Waals surface area contributed by atoms with Gasteiger partial charge in [-0.3, -0.25) is 9.79 Å². The number of nitrogens with zero attached hydrogens (tertiary/aromatic N) is 3. The standard InChI is InChI=1S/C17H21ClN4O4S.ClH.N2/c1-26-13-6-4-12-10-14(7-5-11(12)9-13)27(24,25)22-15(16(18)23)3-2-8-21-17(19)20;;1-2/h4-7,9-10,15,22H,2-3,8H2,1H3,(H4,19,20,21);1H;/t15-;;/m0../s1. The summed E-state index contributed by atoms with van der Waals surface area (Å²) in [5.41, 5.74) is 10.5. The molecule has 5 N–H and O–H groups in total. The third-order valence-electron chi connectivity index (χ3n) is 3.85. The van der Waals surface area contributed by atoms with Crippen molar-refractivity contribution in [3.63, 3.8) is 0 Å². The number of rotatable bonds is 9. The number of aliphatic imine (C=N–C) groups is 1. The maximum atomic E-state index is 12.6. The van der Waals surface area contributed by atoms with Crippen LogP contribution in [0.2, 0.25) is 0 Å². The summed E-state index contributed by atoms with van der Waals surface area (Å²) in [6, 6.07) is 8.87. The number of nitrogens with two attached hydrogens (primary N) is 2. The molecular weight excluding hydrogens is 455 g/mol. The van der Waals surface area contributed by atoms with E-state index in [0.29, 0.717) is 12.2 Å². The minimum atomic E-state index is -3.94. The second kappa shape index (κ2) is 12.8. The lowest BCUT2D eigenvalue weighted by Gasteiger charge is -2.15. The van der Waals surface area contributed by atoms with Gasteiger partial charge in [0.2, 0.25) is 15.3 Å². The van der Waals surface area contributed by atoms with Crippen LogP contribution in [0.15, 0.2) is 46.3 Å². The molecule has 0 saturated carbocycles. The van der Waals surface area contributed by atoms with E-state index in [4.69, 9.17) is 38.6 Å². The van der Waals surface area contributed by atoms with Crippen LogP contribution in [0.5, 0.6) is 5.75 Å². The van der Waals surface area contributed by atoms with Crippen LogP contribution in [0.3, 0.4) is 0 Å². The van der Waals surface area contributed by atoms with Crippen LogP contribution in [0.4, 0.5) is 0 Å². The Bertz CT molecular complexity index is 1010. The summed E-state index contributed by atoms with van der Waals surface area (Å²) in [6.07, 6.45) is 0.560. The molecule has 0 unspecified atom stereocenters. The van der Waals surface area contributed by atoms with Crippen molar-refractivity contribution in [3.8, 4) is 5.75 Å². The van der Waals surface area contributed by atoms with Gasteiger partial charge in [0.15, 0.2) is 5.96 Å². The van der Waals surface area contributed by atoms with E-state index >= 15 is 0 Å². The number of hydrogen-bond donors (Lipinski definition) is 3. The Labute approximate surface area is 185 Å². The summed E-state index contributed by atoms with van der Waals surface area (Å²) < 4.78 is 32.8. The van der Waals surface area contributed by atoms with E-state index in [2.05, 4.69) is 9.71 Å². The molecule has 10 nitrogen and oxygen atoms in total. The molecular formula is C17H22Cl2N6O4S. The summed E-state index contributed by atoms with van der Waals surface area (Å²) in [5, 5.41) is 12.8. The number of sulfonamides is 1. The Morgan fingerprint density at radius 3 is 2.37 bits per heavy atom. The van der Waals surface area contributed by atoms with Crippen molar-refractivity contribution >= 4 is 56.0 Å². The van der Waals surface area contributed by atoms with Gasteiger partial charge in [0.25, 0.3) is 0 Å². The highest BCUT2D eigenvalue weighted by atomic mass is 35.5. The van der Waals surface area contributed by atoms with Gasteiger partial charge in [0.1, 0.15) is 5.75 Å². The van der Waals surface area contributed by atoms with Crippen LogP contribution in [0, 0.1) is 10.8 Å². The van der Waals surface area contributed by atoms with Crippen molar-refractivity contribution in [1.82, 2.24) is 4.72 Å². The predicted octanol–water partition coefficient (Wildman–Crippen LogP) is 1.77. The molecule has 0 heterocycles. The molecule has 30 heavy (non-hydrogen) atoms. The minimum Gasteiger partial charge on any atom is -0.497 e. The van der Waals surface area contributed by atoms with Crippen molar-refractivity contribution < 1.29 is 17.9 Å². The van der Waals surface area contributed by atoms with Gasteiger partial charge in [0, 0.05) is 17.3 Å². The van der Waals surface area contributed by atoms with Gasteiger partial charge in [0.05, 0.1) is 18.0 Å². The maximum Gasteiger partial charge on any atom is 0.241 e. The number of ether oxygens (including phenoxy) is 1. The summed E-state index contributed by atoms with van der Waals surface area (Å²) in [4.78, 5) is 15.4. The zero-order valence-electron chi connectivity index (χ0n) is 16.0. The van der Waals surface area contributed by atoms with Crippen LogP contribution in [-0.4, -0.2) is 39.3 Å². The highest BCUT2D eigenvalue weighted by Crippen LogP contribution is 2.24. The van der Waals surface area contributed by atoms with E-state index in [0.717, 1.165) is 10.8 Å². The molecule has 0 fully saturated rings. The first-order valence-corrected chi connectivity index (χ1v) is 10.1. The van der Waals surface area contributed by atoms with E-state index in [-0.39, 0.29) is 36.2 Å². The highest BCUT2D eigenvalue weighted by Gasteiger charge is 2.24. The number of benzene rings is 2. The lowest BCUT2D eigenvalue weighted by Crippen LogP contribution is -2.39. The Morgan fingerprint density at radius 1 is 1.20 bits per heavy atom. The second-order valence-corrected chi connectivity index (χ2v) is 7.89. The highest BCUT2D eigenvalue weighted by molar-refractivity contribution is 7.89. The molecule has 0 saturated heterocycles. The van der Waals surface area contributed by atoms with Gasteiger partial charge < -0.3 is 16.2 Å². The third-order valence-corrected chi connectivity index (χ3v) is 5.58. The molecule has 0 spiro atoms.